The van der Waals surface area contributed by atoms with E-state index in [4.69, 9.17) is 4.74 Å². The number of aryl methyl sites for hydroxylation is 1. The number of amides is 2. The zero-order chi connectivity index (χ0) is 31.4. The summed E-state index contributed by atoms with van der Waals surface area (Å²) in [5.41, 5.74) is 4.17. The monoisotopic (exact) mass is 623 g/mol. The van der Waals surface area contributed by atoms with Crippen molar-refractivity contribution in [3.63, 3.8) is 0 Å². The molecule has 236 valence electrons. The van der Waals surface area contributed by atoms with Crippen LogP contribution in [0.15, 0.2) is 48.5 Å². The van der Waals surface area contributed by atoms with Gasteiger partial charge in [-0.25, -0.2) is 8.42 Å². The minimum absolute atomic E-state index is 0.0480. The van der Waals surface area contributed by atoms with Crippen molar-refractivity contribution in [2.24, 2.45) is 13.0 Å². The topological polar surface area (TPSA) is 134 Å². The van der Waals surface area contributed by atoms with E-state index in [0.717, 1.165) is 29.7 Å². The minimum atomic E-state index is -3.32. The van der Waals surface area contributed by atoms with Crippen molar-refractivity contribution in [2.75, 3.05) is 31.9 Å². The van der Waals surface area contributed by atoms with Gasteiger partial charge in [0.05, 0.1) is 18.1 Å². The standard InChI is InChI=1S/C32H41N5O6S/c1-22(2)21-44(41,42)37-15-13-36(14-16-37)32(40)25-9-7-23(8-10-25)20-43-30-6-4-5-26(27(30)19-38)18-33-31(39)29-17-28(24-11-12-24)34-35(29)3/h4-10,17,22,24,38H,11-16,18-21H2,1-3H3,(H,33,39). The van der Waals surface area contributed by atoms with Gasteiger partial charge in [-0.2, -0.15) is 9.40 Å². The van der Waals surface area contributed by atoms with E-state index < -0.39 is 10.0 Å². The SMILES string of the molecule is CC(C)CS(=O)(=O)N1CCN(C(=O)c2ccc(COc3cccc(CNC(=O)c4cc(C5CC5)nn4C)c3CO)cc2)CC1. The average Bonchev–Trinajstić information content (AvgIpc) is 3.79. The summed E-state index contributed by atoms with van der Waals surface area (Å²) in [7, 11) is -1.55. The van der Waals surface area contributed by atoms with Crippen molar-refractivity contribution in [2.45, 2.75) is 52.4 Å². The number of nitrogens with zero attached hydrogens (tertiary/aromatic N) is 4. The van der Waals surface area contributed by atoms with Crippen LogP contribution < -0.4 is 10.1 Å². The number of hydrogen-bond acceptors (Lipinski definition) is 7. The minimum Gasteiger partial charge on any atom is -0.489 e. The van der Waals surface area contributed by atoms with E-state index >= 15 is 0 Å². The van der Waals surface area contributed by atoms with Gasteiger partial charge in [-0.1, -0.05) is 38.1 Å². The van der Waals surface area contributed by atoms with Gasteiger partial charge >= 0.3 is 0 Å². The molecule has 0 spiro atoms. The molecule has 2 aromatic carbocycles. The highest BCUT2D eigenvalue weighted by Gasteiger charge is 2.30. The second-order valence-corrected chi connectivity index (χ2v) is 13.9. The summed E-state index contributed by atoms with van der Waals surface area (Å²) >= 11 is 0. The summed E-state index contributed by atoms with van der Waals surface area (Å²) in [6.45, 7) is 5.26. The Bertz CT molecular complexity index is 1590. The lowest BCUT2D eigenvalue weighted by molar-refractivity contribution is 0.0697. The van der Waals surface area contributed by atoms with Gasteiger partial charge in [0.15, 0.2) is 0 Å². The Balaban J connectivity index is 1.15. The predicted molar refractivity (Wildman–Crippen MR) is 166 cm³/mol. The molecule has 1 saturated carbocycles. The van der Waals surface area contributed by atoms with Crippen LogP contribution in [0.2, 0.25) is 0 Å². The third-order valence-electron chi connectivity index (χ3n) is 8.01. The van der Waals surface area contributed by atoms with Crippen LogP contribution in [-0.2, 0) is 36.8 Å². The molecule has 2 fully saturated rings. The van der Waals surface area contributed by atoms with Crippen LogP contribution in [0.25, 0.3) is 0 Å². The quantitative estimate of drug-likeness (QED) is 0.317. The van der Waals surface area contributed by atoms with Gasteiger partial charge in [-0.15, -0.1) is 0 Å². The lowest BCUT2D eigenvalue weighted by Gasteiger charge is -2.34. The van der Waals surface area contributed by atoms with Gasteiger partial charge in [-0.05, 0) is 54.2 Å². The number of hydrogen-bond donors (Lipinski definition) is 2. The fraction of sp³-hybridized carbons (Fsp3) is 0.469. The molecule has 0 unspecified atom stereocenters. The largest absolute Gasteiger partial charge is 0.489 e. The molecule has 1 aromatic heterocycles. The third-order valence-corrected chi connectivity index (χ3v) is 10.3. The first-order chi connectivity index (χ1) is 21.1. The van der Waals surface area contributed by atoms with Crippen molar-refractivity contribution in [3.05, 3.63) is 82.2 Å². The van der Waals surface area contributed by atoms with E-state index in [0.29, 0.717) is 54.7 Å². The molecule has 5 rings (SSSR count). The molecule has 1 aliphatic heterocycles. The smallest absolute Gasteiger partial charge is 0.269 e. The summed E-state index contributed by atoms with van der Waals surface area (Å²) < 4.78 is 34.2. The molecule has 0 atom stereocenters. The molecule has 0 radical (unpaired) electrons. The molecule has 2 N–H and O–H groups in total. The van der Waals surface area contributed by atoms with Crippen LogP contribution in [0.3, 0.4) is 0 Å². The molecule has 2 heterocycles. The van der Waals surface area contributed by atoms with Crippen molar-refractivity contribution < 1.29 is 27.9 Å². The zero-order valence-electron chi connectivity index (χ0n) is 25.5. The molecule has 1 saturated heterocycles. The van der Waals surface area contributed by atoms with E-state index in [1.54, 1.807) is 34.8 Å². The van der Waals surface area contributed by atoms with Gasteiger partial charge in [0.1, 0.15) is 18.1 Å². The Morgan fingerprint density at radius 1 is 1.07 bits per heavy atom. The predicted octanol–water partition coefficient (Wildman–Crippen LogP) is 3.04. The fourth-order valence-corrected chi connectivity index (χ4v) is 7.19. The number of aliphatic hydroxyl groups excluding tert-OH is 1. The molecule has 44 heavy (non-hydrogen) atoms. The summed E-state index contributed by atoms with van der Waals surface area (Å²) in [6, 6.07) is 14.4. The summed E-state index contributed by atoms with van der Waals surface area (Å²) in [4.78, 5) is 27.6. The number of nitrogens with one attached hydrogen (secondary N) is 1. The first-order valence-electron chi connectivity index (χ1n) is 15.1. The van der Waals surface area contributed by atoms with Gasteiger partial charge in [0.2, 0.25) is 10.0 Å². The summed E-state index contributed by atoms with van der Waals surface area (Å²) in [5.74, 6) is 0.768. The molecule has 12 heteroatoms. The highest BCUT2D eigenvalue weighted by molar-refractivity contribution is 7.89. The Morgan fingerprint density at radius 2 is 1.77 bits per heavy atom. The highest BCUT2D eigenvalue weighted by atomic mass is 32.2. The number of rotatable bonds is 12. The van der Waals surface area contributed by atoms with Crippen LogP contribution in [-0.4, -0.2) is 76.3 Å². The molecule has 2 amide bonds. The number of piperazine rings is 1. The highest BCUT2D eigenvalue weighted by Crippen LogP contribution is 2.39. The first kappa shape index (κ1) is 31.7. The van der Waals surface area contributed by atoms with Crippen LogP contribution in [0, 0.1) is 5.92 Å². The maximum Gasteiger partial charge on any atom is 0.269 e. The average molecular weight is 624 g/mol. The molecule has 11 nitrogen and oxygen atoms in total. The second-order valence-electron chi connectivity index (χ2n) is 11.9. The van der Waals surface area contributed by atoms with Gasteiger partial charge in [0, 0.05) is 56.8 Å². The van der Waals surface area contributed by atoms with E-state index in [-0.39, 0.29) is 43.2 Å². The number of aliphatic hydroxyl groups is 1. The number of sulfonamides is 1. The Kier molecular flexibility index (Phi) is 9.72. The van der Waals surface area contributed by atoms with E-state index in [1.165, 1.54) is 4.31 Å². The molecular weight excluding hydrogens is 582 g/mol. The Hall–Kier alpha value is -3.74. The van der Waals surface area contributed by atoms with E-state index in [2.05, 4.69) is 10.4 Å². The van der Waals surface area contributed by atoms with Crippen LogP contribution in [0.4, 0.5) is 0 Å². The molecular formula is C32H41N5O6S. The lowest BCUT2D eigenvalue weighted by atomic mass is 10.1. The molecule has 0 bridgehead atoms. The number of carbonyl (C=O) groups excluding carboxylic acids is 2. The van der Waals surface area contributed by atoms with Gasteiger partial charge < -0.3 is 20.1 Å². The number of ether oxygens (including phenoxy) is 1. The first-order valence-corrected chi connectivity index (χ1v) is 16.7. The Labute approximate surface area is 258 Å². The van der Waals surface area contributed by atoms with Crippen molar-refractivity contribution in [1.82, 2.24) is 24.3 Å². The van der Waals surface area contributed by atoms with Crippen LogP contribution >= 0.6 is 0 Å². The van der Waals surface area contributed by atoms with Crippen LogP contribution in [0.5, 0.6) is 5.75 Å². The number of aromatic nitrogens is 2. The van der Waals surface area contributed by atoms with E-state index in [9.17, 15) is 23.1 Å². The van der Waals surface area contributed by atoms with Crippen LogP contribution in [0.1, 0.15) is 75.8 Å². The number of carbonyl (C=O) groups is 2. The Morgan fingerprint density at radius 3 is 2.41 bits per heavy atom. The third kappa shape index (κ3) is 7.48. The zero-order valence-corrected chi connectivity index (χ0v) is 26.3. The molecule has 3 aromatic rings. The van der Waals surface area contributed by atoms with Crippen molar-refractivity contribution in [1.29, 1.82) is 0 Å². The summed E-state index contributed by atoms with van der Waals surface area (Å²) in [5, 5.41) is 17.5. The van der Waals surface area contributed by atoms with Gasteiger partial charge in [0.25, 0.3) is 11.8 Å². The van der Waals surface area contributed by atoms with Gasteiger partial charge in [-0.3, -0.25) is 14.3 Å². The maximum atomic E-state index is 13.1. The molecule has 1 aliphatic carbocycles. The normalized spacial score (nSPS) is 15.9. The summed E-state index contributed by atoms with van der Waals surface area (Å²) in [6.07, 6.45) is 2.22. The number of benzene rings is 2. The van der Waals surface area contributed by atoms with Crippen molar-refractivity contribution in [3.8, 4) is 5.75 Å². The fourth-order valence-electron chi connectivity index (χ4n) is 5.42. The second kappa shape index (κ2) is 13.5. The van der Waals surface area contributed by atoms with E-state index in [1.807, 2.05) is 44.2 Å². The van der Waals surface area contributed by atoms with Crippen molar-refractivity contribution >= 4 is 21.8 Å². The molecule has 2 aliphatic rings. The maximum absolute atomic E-state index is 13.1. The lowest BCUT2D eigenvalue weighted by Crippen LogP contribution is -2.51.